The van der Waals surface area contributed by atoms with Crippen LogP contribution in [0.1, 0.15) is 33.4 Å². The lowest BCUT2D eigenvalue weighted by atomic mass is 9.98. The summed E-state index contributed by atoms with van der Waals surface area (Å²) in [5.41, 5.74) is 1.90. The minimum Gasteiger partial charge on any atom is -0.450 e. The number of hydrogen-bond donors (Lipinski definition) is 1. The average molecular weight is 416 g/mol. The van der Waals surface area contributed by atoms with Crippen molar-refractivity contribution < 1.29 is 32.4 Å². The van der Waals surface area contributed by atoms with Gasteiger partial charge in [0.1, 0.15) is 5.75 Å². The second-order valence-electron chi connectivity index (χ2n) is 6.27. The normalized spacial score (nSPS) is 11.7. The monoisotopic (exact) mass is 416 g/mol. The van der Waals surface area contributed by atoms with E-state index >= 15 is 0 Å². The summed E-state index contributed by atoms with van der Waals surface area (Å²) in [6, 6.07) is 15.7. The summed E-state index contributed by atoms with van der Waals surface area (Å²) >= 11 is 0. The smallest absolute Gasteiger partial charge is 0.387 e. The molecule has 0 radical (unpaired) electrons. The maximum absolute atomic E-state index is 12.4. The molecule has 0 aliphatic carbocycles. The van der Waals surface area contributed by atoms with Crippen LogP contribution < -0.4 is 10.1 Å². The van der Waals surface area contributed by atoms with Gasteiger partial charge < -0.3 is 19.3 Å². The van der Waals surface area contributed by atoms with Gasteiger partial charge in [0.2, 0.25) is 5.76 Å². The van der Waals surface area contributed by atoms with Gasteiger partial charge in [0.25, 0.3) is 5.91 Å². The first kappa shape index (κ1) is 21.0. The number of amides is 1. The third-order valence-corrected chi connectivity index (χ3v) is 4.04. The summed E-state index contributed by atoms with van der Waals surface area (Å²) < 4.78 is 38.8. The number of nitrogens with one attached hydrogen (secondary N) is 1. The first-order valence-electron chi connectivity index (χ1n) is 8.92. The summed E-state index contributed by atoms with van der Waals surface area (Å²) in [6.45, 7) is -1.81. The van der Waals surface area contributed by atoms with Crippen LogP contribution in [0.5, 0.6) is 5.75 Å². The van der Waals surface area contributed by atoms with Crippen LogP contribution in [-0.2, 0) is 9.53 Å². The van der Waals surface area contributed by atoms with Crippen LogP contribution in [0.4, 0.5) is 8.78 Å². The van der Waals surface area contributed by atoms with E-state index in [9.17, 15) is 18.4 Å². The molecule has 1 heterocycles. The number of alkyl halides is 2. The zero-order valence-electron chi connectivity index (χ0n) is 15.9. The van der Waals surface area contributed by atoms with E-state index in [1.54, 1.807) is 43.3 Å². The van der Waals surface area contributed by atoms with E-state index in [2.05, 4.69) is 15.2 Å². The van der Waals surface area contributed by atoms with Crippen molar-refractivity contribution in [1.82, 2.24) is 10.5 Å². The number of ether oxygens (including phenoxy) is 2. The lowest BCUT2D eigenvalue weighted by molar-refractivity contribution is -0.124. The molecule has 30 heavy (non-hydrogen) atoms. The maximum atomic E-state index is 12.4. The molecule has 0 fully saturated rings. The predicted molar refractivity (Wildman–Crippen MR) is 101 cm³/mol. The molecule has 3 aromatic rings. The van der Waals surface area contributed by atoms with Crippen molar-refractivity contribution in [2.75, 3.05) is 6.61 Å². The van der Waals surface area contributed by atoms with E-state index < -0.39 is 31.1 Å². The van der Waals surface area contributed by atoms with Crippen LogP contribution in [0.3, 0.4) is 0 Å². The van der Waals surface area contributed by atoms with Crippen molar-refractivity contribution in [3.8, 4) is 5.75 Å². The van der Waals surface area contributed by atoms with Gasteiger partial charge in [-0.1, -0.05) is 47.6 Å². The van der Waals surface area contributed by atoms with E-state index in [1.807, 2.05) is 6.07 Å². The number of hydrogen-bond acceptors (Lipinski definition) is 6. The molecule has 1 N–H and O–H groups in total. The Labute approximate surface area is 170 Å². The fraction of sp³-hybridized carbons (Fsp3) is 0.190. The lowest BCUT2D eigenvalue weighted by Gasteiger charge is -2.20. The van der Waals surface area contributed by atoms with Gasteiger partial charge in [0.15, 0.2) is 6.61 Å². The number of halogens is 2. The first-order chi connectivity index (χ1) is 14.4. The first-order valence-corrected chi connectivity index (χ1v) is 8.92. The Morgan fingerprint density at radius 3 is 2.33 bits per heavy atom. The molecule has 9 heteroatoms. The molecule has 7 nitrogen and oxygen atoms in total. The Morgan fingerprint density at radius 2 is 1.73 bits per heavy atom. The quantitative estimate of drug-likeness (QED) is 0.564. The number of carbonyl (C=O) groups is 2. The average Bonchev–Trinajstić information content (AvgIpc) is 3.17. The van der Waals surface area contributed by atoms with Gasteiger partial charge in [-0.3, -0.25) is 4.79 Å². The van der Waals surface area contributed by atoms with E-state index in [4.69, 9.17) is 9.26 Å². The minimum absolute atomic E-state index is 0.00293. The molecule has 1 aromatic heterocycles. The molecule has 0 aliphatic heterocycles. The van der Waals surface area contributed by atoms with Crippen LogP contribution >= 0.6 is 0 Å². The van der Waals surface area contributed by atoms with Crippen molar-refractivity contribution in [2.45, 2.75) is 19.6 Å². The van der Waals surface area contributed by atoms with E-state index in [0.717, 1.165) is 5.56 Å². The summed E-state index contributed by atoms with van der Waals surface area (Å²) in [4.78, 5) is 24.3. The van der Waals surface area contributed by atoms with Crippen LogP contribution in [0.2, 0.25) is 0 Å². The topological polar surface area (TPSA) is 90.7 Å². The molecule has 0 bridgehead atoms. The van der Waals surface area contributed by atoms with Gasteiger partial charge in [-0.15, -0.1) is 0 Å². The molecule has 0 saturated carbocycles. The van der Waals surface area contributed by atoms with Crippen LogP contribution in [0, 0.1) is 6.92 Å². The Balaban J connectivity index is 1.70. The van der Waals surface area contributed by atoms with Crippen molar-refractivity contribution >= 4 is 11.9 Å². The highest BCUT2D eigenvalue weighted by Crippen LogP contribution is 2.25. The molecule has 0 saturated heterocycles. The third-order valence-electron chi connectivity index (χ3n) is 4.04. The van der Waals surface area contributed by atoms with E-state index in [0.29, 0.717) is 11.3 Å². The molecular weight excluding hydrogens is 398 g/mol. The summed E-state index contributed by atoms with van der Waals surface area (Å²) in [5.74, 6) is -1.46. The Kier molecular flexibility index (Phi) is 6.74. The van der Waals surface area contributed by atoms with Crippen LogP contribution in [0.25, 0.3) is 0 Å². The Bertz CT molecular complexity index is 990. The number of benzene rings is 2. The number of aryl methyl sites for hydroxylation is 1. The molecule has 156 valence electrons. The highest BCUT2D eigenvalue weighted by molar-refractivity contribution is 5.88. The molecule has 1 amide bonds. The Morgan fingerprint density at radius 1 is 1.07 bits per heavy atom. The minimum atomic E-state index is -2.93. The van der Waals surface area contributed by atoms with Crippen molar-refractivity contribution in [3.63, 3.8) is 0 Å². The SMILES string of the molecule is Cc1cc(C(=O)OCC(=O)N[C@@H](c2ccccc2)c2ccc(OC(F)F)cc2)on1. The number of carbonyl (C=O) groups excluding carboxylic acids is 2. The zero-order valence-corrected chi connectivity index (χ0v) is 15.9. The van der Waals surface area contributed by atoms with Gasteiger partial charge in [0.05, 0.1) is 11.7 Å². The molecule has 2 aromatic carbocycles. The van der Waals surface area contributed by atoms with Crippen LogP contribution in [-0.4, -0.2) is 30.3 Å². The molecule has 0 aliphatic rings. The highest BCUT2D eigenvalue weighted by Gasteiger charge is 2.20. The van der Waals surface area contributed by atoms with E-state index in [-0.39, 0.29) is 11.5 Å². The van der Waals surface area contributed by atoms with Gasteiger partial charge in [-0.25, -0.2) is 4.79 Å². The fourth-order valence-electron chi connectivity index (χ4n) is 2.71. The highest BCUT2D eigenvalue weighted by atomic mass is 19.3. The summed E-state index contributed by atoms with van der Waals surface area (Å²) in [6.07, 6.45) is 0. The van der Waals surface area contributed by atoms with Crippen molar-refractivity contribution in [1.29, 1.82) is 0 Å². The third kappa shape index (κ3) is 5.63. The number of rotatable bonds is 8. The Hall–Kier alpha value is -3.75. The van der Waals surface area contributed by atoms with Crippen molar-refractivity contribution in [2.24, 2.45) is 0 Å². The molecule has 0 unspecified atom stereocenters. The summed E-state index contributed by atoms with van der Waals surface area (Å²) in [7, 11) is 0. The number of nitrogens with zero attached hydrogens (tertiary/aromatic N) is 1. The van der Waals surface area contributed by atoms with Crippen LogP contribution in [0.15, 0.2) is 65.2 Å². The van der Waals surface area contributed by atoms with Crippen molar-refractivity contribution in [3.05, 3.63) is 83.2 Å². The molecule has 3 rings (SSSR count). The van der Waals surface area contributed by atoms with E-state index in [1.165, 1.54) is 18.2 Å². The van der Waals surface area contributed by atoms with Gasteiger partial charge in [-0.05, 0) is 30.2 Å². The molecular formula is C21H18F2N2O5. The zero-order chi connectivity index (χ0) is 21.5. The fourth-order valence-corrected chi connectivity index (χ4v) is 2.71. The van der Waals surface area contributed by atoms with Gasteiger partial charge in [-0.2, -0.15) is 8.78 Å². The van der Waals surface area contributed by atoms with Gasteiger partial charge >= 0.3 is 12.6 Å². The standard InChI is InChI=1S/C21H18F2N2O5/c1-13-11-17(30-25-13)20(27)28-12-18(26)24-19(14-5-3-2-4-6-14)15-7-9-16(10-8-15)29-21(22)23/h2-11,19,21H,12H2,1H3,(H,24,26)/t19-/m0/s1. The number of esters is 1. The van der Waals surface area contributed by atoms with Gasteiger partial charge in [0, 0.05) is 6.07 Å². The molecule has 0 spiro atoms. The second-order valence-corrected chi connectivity index (χ2v) is 6.27. The molecule has 1 atom stereocenters. The number of aromatic nitrogens is 1. The second kappa shape index (κ2) is 9.64. The maximum Gasteiger partial charge on any atom is 0.387 e. The largest absolute Gasteiger partial charge is 0.450 e. The summed E-state index contributed by atoms with van der Waals surface area (Å²) in [5, 5.41) is 6.35. The predicted octanol–water partition coefficient (Wildman–Crippen LogP) is 3.65. The lowest BCUT2D eigenvalue weighted by Crippen LogP contribution is -2.33.